The largest absolute Gasteiger partial charge is 0.466 e. The molecule has 0 aliphatic heterocycles. The Morgan fingerprint density at radius 3 is 2.67 bits per heavy atom. The molecule has 0 radical (unpaired) electrons. The van der Waals surface area contributed by atoms with E-state index in [2.05, 4.69) is 10.8 Å². The lowest BCUT2D eigenvalue weighted by atomic mass is 10.1. The summed E-state index contributed by atoms with van der Waals surface area (Å²) in [6.07, 6.45) is 5.22. The van der Waals surface area contributed by atoms with Crippen molar-refractivity contribution in [2.75, 3.05) is 14.2 Å². The number of para-hydroxylation sites is 1. The number of ether oxygens (including phenoxy) is 2. The first kappa shape index (κ1) is 19.5. The minimum absolute atomic E-state index is 0.400. The monoisotopic (exact) mass is 403 g/mol. The van der Waals surface area contributed by atoms with Crippen molar-refractivity contribution in [3.63, 3.8) is 0 Å². The molecule has 1 heterocycles. The van der Waals surface area contributed by atoms with Gasteiger partial charge in [-0.05, 0) is 29.3 Å². The highest BCUT2D eigenvalue weighted by molar-refractivity contribution is 6.35. The van der Waals surface area contributed by atoms with Gasteiger partial charge < -0.3 is 14.0 Å². The van der Waals surface area contributed by atoms with E-state index >= 15 is 0 Å². The summed E-state index contributed by atoms with van der Waals surface area (Å²) < 4.78 is 12.2. The van der Waals surface area contributed by atoms with Crippen molar-refractivity contribution in [3.05, 3.63) is 75.4 Å². The Bertz CT molecular complexity index is 1010. The van der Waals surface area contributed by atoms with Gasteiger partial charge in [-0.25, -0.2) is 4.79 Å². The van der Waals surface area contributed by atoms with E-state index in [0.717, 1.165) is 27.6 Å². The number of esters is 1. The maximum Gasteiger partial charge on any atom is 0.330 e. The molecule has 140 valence electrons. The van der Waals surface area contributed by atoms with Gasteiger partial charge in [0.2, 0.25) is 0 Å². The molecule has 4 nitrogen and oxygen atoms in total. The highest BCUT2D eigenvalue weighted by Crippen LogP contribution is 2.29. The third-order valence-corrected chi connectivity index (χ3v) is 4.85. The van der Waals surface area contributed by atoms with E-state index in [1.165, 1.54) is 13.2 Å². The van der Waals surface area contributed by atoms with Crippen LogP contribution in [0.1, 0.15) is 16.7 Å². The molecule has 0 saturated heterocycles. The Hall–Kier alpha value is -2.27. The van der Waals surface area contributed by atoms with Crippen molar-refractivity contribution in [1.82, 2.24) is 4.57 Å². The second-order valence-corrected chi connectivity index (χ2v) is 6.89. The van der Waals surface area contributed by atoms with Crippen LogP contribution in [0.25, 0.3) is 17.0 Å². The average molecular weight is 404 g/mol. The average Bonchev–Trinajstić information content (AvgIpc) is 3.00. The molecule has 0 saturated carbocycles. The second kappa shape index (κ2) is 8.61. The first-order valence-corrected chi connectivity index (χ1v) is 9.08. The van der Waals surface area contributed by atoms with Gasteiger partial charge in [-0.15, -0.1) is 0 Å². The fourth-order valence-corrected chi connectivity index (χ4v) is 3.52. The zero-order valence-electron chi connectivity index (χ0n) is 15.0. The Morgan fingerprint density at radius 2 is 1.96 bits per heavy atom. The molecule has 0 atom stereocenters. The van der Waals surface area contributed by atoms with Crippen molar-refractivity contribution in [2.45, 2.75) is 13.2 Å². The maximum absolute atomic E-state index is 11.5. The van der Waals surface area contributed by atoms with Crippen LogP contribution in [0.5, 0.6) is 0 Å². The van der Waals surface area contributed by atoms with Crippen molar-refractivity contribution < 1.29 is 14.3 Å². The zero-order valence-corrected chi connectivity index (χ0v) is 16.6. The maximum atomic E-state index is 11.5. The summed E-state index contributed by atoms with van der Waals surface area (Å²) in [4.78, 5) is 11.5. The number of methoxy groups -OCH3 is 2. The molecule has 0 fully saturated rings. The molecule has 27 heavy (non-hydrogen) atoms. The molecule has 2 aromatic carbocycles. The molecule has 0 N–H and O–H groups in total. The smallest absolute Gasteiger partial charge is 0.330 e. The van der Waals surface area contributed by atoms with Gasteiger partial charge in [-0.3, -0.25) is 0 Å². The molecule has 3 aromatic rings. The van der Waals surface area contributed by atoms with Gasteiger partial charge in [0.05, 0.1) is 19.2 Å². The molecule has 0 unspecified atom stereocenters. The molecule has 1 aromatic heterocycles. The van der Waals surface area contributed by atoms with Gasteiger partial charge in [0.25, 0.3) is 0 Å². The predicted octanol–water partition coefficient (Wildman–Crippen LogP) is 5.33. The quantitative estimate of drug-likeness (QED) is 0.412. The number of benzene rings is 2. The lowest BCUT2D eigenvalue weighted by Gasteiger charge is -2.10. The number of fused-ring (bicyclic) bond motifs is 1. The zero-order chi connectivity index (χ0) is 19.4. The highest BCUT2D eigenvalue weighted by atomic mass is 35.5. The van der Waals surface area contributed by atoms with Crippen molar-refractivity contribution in [3.8, 4) is 0 Å². The van der Waals surface area contributed by atoms with E-state index < -0.39 is 5.97 Å². The predicted molar refractivity (Wildman–Crippen MR) is 109 cm³/mol. The van der Waals surface area contributed by atoms with Gasteiger partial charge in [0, 0.05) is 46.9 Å². The number of aromatic nitrogens is 1. The standard InChI is InChI=1S/C21H19Cl2NO3/c1-26-13-16-12-24(11-15-6-8-17(22)10-19(15)23)21-14(4-3-5-18(16)21)7-9-20(25)27-2/h3-10,12H,11,13H2,1-2H3/b9-7+. The van der Waals surface area contributed by atoms with Crippen LogP contribution in [0.15, 0.2) is 48.7 Å². The van der Waals surface area contributed by atoms with E-state index in [1.54, 1.807) is 19.3 Å². The van der Waals surface area contributed by atoms with Crippen LogP contribution < -0.4 is 0 Å². The van der Waals surface area contributed by atoms with E-state index in [4.69, 9.17) is 32.7 Å². The van der Waals surface area contributed by atoms with Crippen molar-refractivity contribution in [2.24, 2.45) is 0 Å². The molecular formula is C21H19Cl2NO3. The normalized spacial score (nSPS) is 11.4. The van der Waals surface area contributed by atoms with Crippen LogP contribution in [-0.4, -0.2) is 24.8 Å². The molecule has 0 spiro atoms. The van der Waals surface area contributed by atoms with Crippen LogP contribution in [-0.2, 0) is 27.4 Å². The van der Waals surface area contributed by atoms with Crippen molar-refractivity contribution >= 4 is 46.2 Å². The van der Waals surface area contributed by atoms with Crippen LogP contribution in [0.4, 0.5) is 0 Å². The van der Waals surface area contributed by atoms with E-state index in [-0.39, 0.29) is 0 Å². The lowest BCUT2D eigenvalue weighted by molar-refractivity contribution is -0.134. The van der Waals surface area contributed by atoms with Crippen LogP contribution >= 0.6 is 23.2 Å². The third-order valence-electron chi connectivity index (χ3n) is 4.27. The Morgan fingerprint density at radius 1 is 1.15 bits per heavy atom. The summed E-state index contributed by atoms with van der Waals surface area (Å²) in [5.41, 5.74) is 3.92. The summed E-state index contributed by atoms with van der Waals surface area (Å²) in [5.74, 6) is -0.400. The first-order chi connectivity index (χ1) is 13.0. The van der Waals surface area contributed by atoms with E-state index in [0.29, 0.717) is 23.2 Å². The van der Waals surface area contributed by atoms with Crippen LogP contribution in [0.3, 0.4) is 0 Å². The summed E-state index contributed by atoms with van der Waals surface area (Å²) >= 11 is 12.4. The molecule has 3 rings (SSSR count). The number of hydrogen-bond acceptors (Lipinski definition) is 3. The van der Waals surface area contributed by atoms with Gasteiger partial charge in [0.15, 0.2) is 0 Å². The van der Waals surface area contributed by atoms with Crippen LogP contribution in [0.2, 0.25) is 10.0 Å². The number of nitrogens with zero attached hydrogens (tertiary/aromatic N) is 1. The van der Waals surface area contributed by atoms with Gasteiger partial charge >= 0.3 is 5.97 Å². The number of rotatable bonds is 6. The Labute approximate surface area is 167 Å². The minimum atomic E-state index is -0.400. The van der Waals surface area contributed by atoms with E-state index in [1.807, 2.05) is 30.3 Å². The first-order valence-electron chi connectivity index (χ1n) is 8.33. The highest BCUT2D eigenvalue weighted by Gasteiger charge is 2.13. The van der Waals surface area contributed by atoms with Gasteiger partial charge in [-0.1, -0.05) is 47.5 Å². The van der Waals surface area contributed by atoms with Gasteiger partial charge in [-0.2, -0.15) is 0 Å². The molecule has 0 aliphatic carbocycles. The topological polar surface area (TPSA) is 40.5 Å². The molecule has 0 aliphatic rings. The van der Waals surface area contributed by atoms with Crippen LogP contribution in [0, 0.1) is 0 Å². The number of halogens is 2. The number of carbonyl (C=O) groups excluding carboxylic acids is 1. The summed E-state index contributed by atoms with van der Waals surface area (Å²) in [5, 5.41) is 2.28. The third kappa shape index (κ3) is 4.35. The Balaban J connectivity index is 2.12. The summed E-state index contributed by atoms with van der Waals surface area (Å²) in [7, 11) is 3.02. The summed E-state index contributed by atoms with van der Waals surface area (Å²) in [6.45, 7) is 1.06. The lowest BCUT2D eigenvalue weighted by Crippen LogP contribution is -2.00. The molecule has 0 bridgehead atoms. The molecule has 0 amide bonds. The fourth-order valence-electron chi connectivity index (χ4n) is 3.05. The SMILES string of the molecule is COCc1cn(Cc2ccc(Cl)cc2Cl)c2c(/C=C/C(=O)OC)cccc12. The van der Waals surface area contributed by atoms with Gasteiger partial charge in [0.1, 0.15) is 0 Å². The second-order valence-electron chi connectivity index (χ2n) is 6.05. The van der Waals surface area contributed by atoms with E-state index in [9.17, 15) is 4.79 Å². The molecular weight excluding hydrogens is 385 g/mol. The van der Waals surface area contributed by atoms with Crippen molar-refractivity contribution in [1.29, 1.82) is 0 Å². The summed E-state index contributed by atoms with van der Waals surface area (Å²) in [6, 6.07) is 11.4. The molecule has 6 heteroatoms. The Kier molecular flexibility index (Phi) is 6.22. The number of carbonyl (C=O) groups is 1. The fraction of sp³-hybridized carbons (Fsp3) is 0.190. The number of hydrogen-bond donors (Lipinski definition) is 0. The minimum Gasteiger partial charge on any atom is -0.466 e.